The fraction of sp³-hybridized carbons (Fsp3) is 0.350. The quantitative estimate of drug-likeness (QED) is 0.685. The maximum absolute atomic E-state index is 12.9. The third kappa shape index (κ3) is 4.10. The number of pyridine rings is 1. The lowest BCUT2D eigenvalue weighted by Crippen LogP contribution is -2.47. The maximum Gasteiger partial charge on any atom is 0.433 e. The van der Waals surface area contributed by atoms with E-state index in [0.29, 0.717) is 18.9 Å². The van der Waals surface area contributed by atoms with Crippen molar-refractivity contribution in [2.45, 2.75) is 12.6 Å². The van der Waals surface area contributed by atoms with E-state index < -0.39 is 11.9 Å². The molecule has 1 aliphatic rings. The Kier molecular flexibility index (Phi) is 5.21. The molecule has 0 atom stereocenters. The molecule has 1 aliphatic heterocycles. The van der Waals surface area contributed by atoms with Crippen LogP contribution in [0.2, 0.25) is 5.02 Å². The largest absolute Gasteiger partial charge is 0.433 e. The van der Waals surface area contributed by atoms with E-state index in [9.17, 15) is 13.2 Å². The van der Waals surface area contributed by atoms with Gasteiger partial charge in [0.05, 0.1) is 0 Å². The van der Waals surface area contributed by atoms with Gasteiger partial charge in [0.1, 0.15) is 11.5 Å². The van der Waals surface area contributed by atoms with Crippen LogP contribution in [-0.2, 0) is 12.6 Å². The summed E-state index contributed by atoms with van der Waals surface area (Å²) in [4.78, 5) is 11.3. The predicted octanol–water partition coefficient (Wildman–Crippen LogP) is 4.60. The van der Waals surface area contributed by atoms with Crippen molar-refractivity contribution in [3.05, 3.63) is 58.9 Å². The molecule has 0 saturated carbocycles. The Labute approximate surface area is 165 Å². The molecule has 1 N–H and O–H groups in total. The van der Waals surface area contributed by atoms with Crippen LogP contribution in [0.25, 0.3) is 10.9 Å². The Morgan fingerprint density at radius 2 is 1.86 bits per heavy atom. The van der Waals surface area contributed by atoms with Gasteiger partial charge in [-0.05, 0) is 42.3 Å². The predicted molar refractivity (Wildman–Crippen MR) is 105 cm³/mol. The number of rotatable bonds is 4. The minimum Gasteiger partial charge on any atom is -0.361 e. The first kappa shape index (κ1) is 19.1. The van der Waals surface area contributed by atoms with E-state index in [1.807, 2.05) is 29.3 Å². The zero-order valence-electron chi connectivity index (χ0n) is 15.1. The van der Waals surface area contributed by atoms with Gasteiger partial charge in [-0.3, -0.25) is 4.90 Å². The Bertz CT molecular complexity index is 961. The lowest BCUT2D eigenvalue weighted by molar-refractivity contribution is -0.141. The van der Waals surface area contributed by atoms with Gasteiger partial charge in [0.15, 0.2) is 0 Å². The van der Waals surface area contributed by atoms with E-state index in [4.69, 9.17) is 11.6 Å². The number of piperazine rings is 1. The third-order valence-electron chi connectivity index (χ3n) is 5.15. The SMILES string of the molecule is FC(F)(F)c1cccc(N2CCN(CCc3c[nH]c4ccc(Cl)cc34)CC2)n1. The summed E-state index contributed by atoms with van der Waals surface area (Å²) in [5, 5.41) is 1.86. The smallest absolute Gasteiger partial charge is 0.361 e. The standard InChI is InChI=1S/C20H20ClF3N4/c21-15-4-5-17-16(12-15)14(13-25-17)6-7-27-8-10-28(11-9-27)19-3-1-2-18(26-19)20(22,23)24/h1-5,12-13,25H,6-11H2. The number of aromatic amines is 1. The molecule has 148 valence electrons. The van der Waals surface area contributed by atoms with Crippen LogP contribution in [0.4, 0.5) is 19.0 Å². The average Bonchev–Trinajstić information content (AvgIpc) is 3.08. The number of nitrogens with zero attached hydrogens (tertiary/aromatic N) is 3. The fourth-order valence-electron chi connectivity index (χ4n) is 3.59. The molecular formula is C20H20ClF3N4. The summed E-state index contributed by atoms with van der Waals surface area (Å²) in [6.07, 6.45) is -1.51. The van der Waals surface area contributed by atoms with Gasteiger partial charge in [0, 0.05) is 54.8 Å². The highest BCUT2D eigenvalue weighted by Crippen LogP contribution is 2.29. The Balaban J connectivity index is 1.35. The summed E-state index contributed by atoms with van der Waals surface area (Å²) in [5.41, 5.74) is 1.45. The van der Waals surface area contributed by atoms with Crippen LogP contribution >= 0.6 is 11.6 Å². The van der Waals surface area contributed by atoms with Gasteiger partial charge >= 0.3 is 6.18 Å². The van der Waals surface area contributed by atoms with Crippen molar-refractivity contribution in [1.82, 2.24) is 14.9 Å². The summed E-state index contributed by atoms with van der Waals surface area (Å²) < 4.78 is 38.6. The van der Waals surface area contributed by atoms with Crippen molar-refractivity contribution in [3.63, 3.8) is 0 Å². The Morgan fingerprint density at radius 3 is 2.61 bits per heavy atom. The molecule has 28 heavy (non-hydrogen) atoms. The van der Waals surface area contributed by atoms with Crippen LogP contribution < -0.4 is 4.90 Å². The first-order chi connectivity index (χ1) is 13.4. The van der Waals surface area contributed by atoms with Crippen LogP contribution in [0.3, 0.4) is 0 Å². The Morgan fingerprint density at radius 1 is 1.07 bits per heavy atom. The zero-order valence-corrected chi connectivity index (χ0v) is 15.9. The van der Waals surface area contributed by atoms with E-state index >= 15 is 0 Å². The lowest BCUT2D eigenvalue weighted by Gasteiger charge is -2.35. The van der Waals surface area contributed by atoms with E-state index in [-0.39, 0.29) is 0 Å². The van der Waals surface area contributed by atoms with Gasteiger partial charge in [-0.2, -0.15) is 13.2 Å². The second-order valence-corrected chi connectivity index (χ2v) is 7.40. The number of nitrogens with one attached hydrogen (secondary N) is 1. The number of halogens is 4. The van der Waals surface area contributed by atoms with E-state index in [1.165, 1.54) is 11.6 Å². The lowest BCUT2D eigenvalue weighted by atomic mass is 10.1. The van der Waals surface area contributed by atoms with Gasteiger partial charge < -0.3 is 9.88 Å². The van der Waals surface area contributed by atoms with Gasteiger partial charge in [-0.15, -0.1) is 0 Å². The van der Waals surface area contributed by atoms with Crippen molar-refractivity contribution in [1.29, 1.82) is 0 Å². The molecule has 4 nitrogen and oxygen atoms in total. The molecule has 0 radical (unpaired) electrons. The molecule has 8 heteroatoms. The van der Waals surface area contributed by atoms with Crippen molar-refractivity contribution < 1.29 is 13.2 Å². The molecule has 0 unspecified atom stereocenters. The molecular weight excluding hydrogens is 389 g/mol. The summed E-state index contributed by atoms with van der Waals surface area (Å²) in [5.74, 6) is 0.390. The number of hydrogen-bond donors (Lipinski definition) is 1. The summed E-state index contributed by atoms with van der Waals surface area (Å²) >= 11 is 6.10. The minimum absolute atomic E-state index is 0.390. The molecule has 2 aromatic heterocycles. The summed E-state index contributed by atoms with van der Waals surface area (Å²) in [6.45, 7) is 3.80. The third-order valence-corrected chi connectivity index (χ3v) is 5.38. The number of anilines is 1. The van der Waals surface area contributed by atoms with Crippen molar-refractivity contribution in [2.75, 3.05) is 37.6 Å². The Hall–Kier alpha value is -2.25. The first-order valence-corrected chi connectivity index (χ1v) is 9.55. The molecule has 4 rings (SSSR count). The number of alkyl halides is 3. The van der Waals surface area contributed by atoms with Gasteiger partial charge in [0.25, 0.3) is 0 Å². The topological polar surface area (TPSA) is 35.2 Å². The average molecular weight is 409 g/mol. The normalized spacial score (nSPS) is 16.1. The number of H-pyrrole nitrogens is 1. The highest BCUT2D eigenvalue weighted by Gasteiger charge is 2.33. The molecule has 0 spiro atoms. The van der Waals surface area contributed by atoms with E-state index in [0.717, 1.165) is 48.0 Å². The second-order valence-electron chi connectivity index (χ2n) is 6.96. The molecule has 3 heterocycles. The molecule has 3 aromatic rings. The summed E-state index contributed by atoms with van der Waals surface area (Å²) in [6, 6.07) is 9.88. The zero-order chi connectivity index (χ0) is 19.7. The highest BCUT2D eigenvalue weighted by molar-refractivity contribution is 6.31. The second kappa shape index (κ2) is 7.64. The van der Waals surface area contributed by atoms with Crippen LogP contribution in [0.5, 0.6) is 0 Å². The van der Waals surface area contributed by atoms with Crippen LogP contribution in [-0.4, -0.2) is 47.6 Å². The van der Waals surface area contributed by atoms with E-state index in [1.54, 1.807) is 6.07 Å². The number of fused-ring (bicyclic) bond motifs is 1. The molecule has 0 aliphatic carbocycles. The van der Waals surface area contributed by atoms with E-state index in [2.05, 4.69) is 14.9 Å². The fourth-order valence-corrected chi connectivity index (χ4v) is 3.77. The molecule has 0 bridgehead atoms. The number of hydrogen-bond acceptors (Lipinski definition) is 3. The van der Waals surface area contributed by atoms with Crippen molar-refractivity contribution >= 4 is 28.3 Å². The number of aromatic nitrogens is 2. The minimum atomic E-state index is -4.42. The van der Waals surface area contributed by atoms with Crippen LogP contribution in [0, 0.1) is 0 Å². The van der Waals surface area contributed by atoms with Crippen molar-refractivity contribution in [2.24, 2.45) is 0 Å². The van der Waals surface area contributed by atoms with Crippen LogP contribution in [0.15, 0.2) is 42.6 Å². The molecule has 1 saturated heterocycles. The van der Waals surface area contributed by atoms with Crippen molar-refractivity contribution in [3.8, 4) is 0 Å². The monoisotopic (exact) mass is 408 g/mol. The highest BCUT2D eigenvalue weighted by atomic mass is 35.5. The first-order valence-electron chi connectivity index (χ1n) is 9.17. The maximum atomic E-state index is 12.9. The van der Waals surface area contributed by atoms with Crippen LogP contribution in [0.1, 0.15) is 11.3 Å². The molecule has 1 fully saturated rings. The molecule has 1 aromatic carbocycles. The van der Waals surface area contributed by atoms with Gasteiger partial charge in [-0.25, -0.2) is 4.98 Å². The van der Waals surface area contributed by atoms with Gasteiger partial charge in [0.2, 0.25) is 0 Å². The summed E-state index contributed by atoms with van der Waals surface area (Å²) in [7, 11) is 0. The number of benzene rings is 1. The molecule has 0 amide bonds. The van der Waals surface area contributed by atoms with Gasteiger partial charge in [-0.1, -0.05) is 17.7 Å².